The molecule has 0 saturated heterocycles. The molecule has 1 atom stereocenters. The summed E-state index contributed by atoms with van der Waals surface area (Å²) in [6.07, 6.45) is -4.26. The van der Waals surface area contributed by atoms with E-state index in [0.717, 1.165) is 0 Å². The van der Waals surface area contributed by atoms with Crippen molar-refractivity contribution < 1.29 is 32.6 Å². The molecule has 0 radical (unpaired) electrons. The molecule has 1 amide bonds. The van der Waals surface area contributed by atoms with Gasteiger partial charge in [-0.2, -0.15) is 13.2 Å². The molecule has 1 aromatic rings. The van der Waals surface area contributed by atoms with Gasteiger partial charge in [0.2, 0.25) is 0 Å². The van der Waals surface area contributed by atoms with Crippen LogP contribution in [0, 0.1) is 0 Å². The van der Waals surface area contributed by atoms with E-state index in [9.17, 15) is 22.8 Å². The first kappa shape index (κ1) is 17.8. The zero-order chi connectivity index (χ0) is 17.0. The van der Waals surface area contributed by atoms with E-state index in [2.05, 4.69) is 10.1 Å². The third kappa shape index (κ3) is 4.94. The first-order valence-corrected chi connectivity index (χ1v) is 6.43. The van der Waals surface area contributed by atoms with Gasteiger partial charge in [0.1, 0.15) is 11.3 Å². The number of carbonyl (C=O) groups is 2. The van der Waals surface area contributed by atoms with E-state index < -0.39 is 30.2 Å². The summed E-state index contributed by atoms with van der Waals surface area (Å²) in [5.74, 6) is -1.84. The maximum Gasteiger partial charge on any atom is 0.422 e. The largest absolute Gasteiger partial charge is 0.484 e. The van der Waals surface area contributed by atoms with Gasteiger partial charge in [0.25, 0.3) is 5.91 Å². The molecular formula is C14H16F3NO4. The lowest BCUT2D eigenvalue weighted by Gasteiger charge is -2.24. The summed E-state index contributed by atoms with van der Waals surface area (Å²) in [7, 11) is 0. The van der Waals surface area contributed by atoms with Crippen molar-refractivity contribution in [3.05, 3.63) is 29.8 Å². The number of alkyl halides is 3. The maximum atomic E-state index is 12.0. The molecule has 5 nitrogen and oxygen atoms in total. The van der Waals surface area contributed by atoms with Gasteiger partial charge in [0, 0.05) is 5.56 Å². The average molecular weight is 319 g/mol. The number of hydrogen-bond donors (Lipinski definition) is 2. The Morgan fingerprint density at radius 1 is 1.23 bits per heavy atom. The topological polar surface area (TPSA) is 75.6 Å². The lowest BCUT2D eigenvalue weighted by Crippen LogP contribution is -2.51. The molecule has 122 valence electrons. The van der Waals surface area contributed by atoms with Crippen LogP contribution in [0.1, 0.15) is 30.6 Å². The molecule has 1 rings (SSSR count). The third-order valence-corrected chi connectivity index (χ3v) is 3.09. The van der Waals surface area contributed by atoms with Crippen LogP contribution >= 0.6 is 0 Å². The number of nitrogens with one attached hydrogen (secondary N) is 1. The highest BCUT2D eigenvalue weighted by Gasteiger charge is 2.33. The fourth-order valence-electron chi connectivity index (χ4n) is 1.48. The minimum absolute atomic E-state index is 0.0367. The maximum absolute atomic E-state index is 12.0. The summed E-state index contributed by atoms with van der Waals surface area (Å²) in [5.41, 5.74) is -1.29. The van der Waals surface area contributed by atoms with Gasteiger partial charge in [0.15, 0.2) is 6.61 Å². The number of hydrogen-bond acceptors (Lipinski definition) is 3. The molecule has 0 aliphatic rings. The van der Waals surface area contributed by atoms with Gasteiger partial charge in [-0.3, -0.25) is 4.79 Å². The number of carboxylic acid groups (broad SMARTS) is 1. The Bertz CT molecular complexity index is 542. The minimum Gasteiger partial charge on any atom is -0.484 e. The van der Waals surface area contributed by atoms with Crippen LogP contribution in [0.25, 0.3) is 0 Å². The molecule has 0 spiro atoms. The van der Waals surface area contributed by atoms with Gasteiger partial charge in [-0.25, -0.2) is 4.79 Å². The van der Waals surface area contributed by atoms with E-state index in [1.165, 1.54) is 31.2 Å². The molecule has 0 aromatic heterocycles. The van der Waals surface area contributed by atoms with Crippen molar-refractivity contribution in [3.63, 3.8) is 0 Å². The third-order valence-electron chi connectivity index (χ3n) is 3.09. The van der Waals surface area contributed by atoms with Crippen LogP contribution in [0.15, 0.2) is 24.3 Å². The van der Waals surface area contributed by atoms with E-state index in [-0.39, 0.29) is 17.7 Å². The zero-order valence-electron chi connectivity index (χ0n) is 12.0. The quantitative estimate of drug-likeness (QED) is 0.845. The average Bonchev–Trinajstić information content (AvgIpc) is 2.44. The lowest BCUT2D eigenvalue weighted by molar-refractivity contribution is -0.153. The highest BCUT2D eigenvalue weighted by atomic mass is 19.4. The second kappa shape index (κ2) is 6.67. The van der Waals surface area contributed by atoms with E-state index >= 15 is 0 Å². The van der Waals surface area contributed by atoms with Crippen LogP contribution in [0.4, 0.5) is 13.2 Å². The number of aliphatic carboxylic acids is 1. The summed E-state index contributed by atoms with van der Waals surface area (Å²) in [4.78, 5) is 23.1. The van der Waals surface area contributed by atoms with Crippen molar-refractivity contribution in [3.8, 4) is 5.75 Å². The SMILES string of the molecule is CCC(C)(NC(=O)c1ccc(OCC(F)(F)F)cc1)C(=O)O. The highest BCUT2D eigenvalue weighted by molar-refractivity contribution is 5.97. The molecule has 0 aliphatic heterocycles. The molecule has 1 aromatic carbocycles. The first-order valence-electron chi connectivity index (χ1n) is 6.43. The van der Waals surface area contributed by atoms with Crippen molar-refractivity contribution >= 4 is 11.9 Å². The second-order valence-corrected chi connectivity index (χ2v) is 4.87. The van der Waals surface area contributed by atoms with Gasteiger partial charge < -0.3 is 15.2 Å². The van der Waals surface area contributed by atoms with Gasteiger partial charge in [-0.05, 0) is 37.6 Å². The number of carbonyl (C=O) groups excluding carboxylic acids is 1. The van der Waals surface area contributed by atoms with Crippen LogP contribution in [0.5, 0.6) is 5.75 Å². The molecule has 2 N–H and O–H groups in total. The number of amides is 1. The standard InChI is InChI=1S/C14H16F3NO4/c1-3-13(2,12(20)21)18-11(19)9-4-6-10(7-5-9)22-8-14(15,16)17/h4-7H,3,8H2,1-2H3,(H,18,19)(H,20,21). The van der Waals surface area contributed by atoms with E-state index in [1.807, 2.05) is 0 Å². The Kier molecular flexibility index (Phi) is 5.40. The van der Waals surface area contributed by atoms with E-state index in [4.69, 9.17) is 5.11 Å². The summed E-state index contributed by atoms with van der Waals surface area (Å²) < 4.78 is 40.5. The van der Waals surface area contributed by atoms with Crippen LogP contribution in [-0.2, 0) is 4.79 Å². The number of halogens is 3. The molecule has 0 aliphatic carbocycles. The molecule has 1 unspecified atom stereocenters. The number of rotatable bonds is 6. The van der Waals surface area contributed by atoms with Gasteiger partial charge >= 0.3 is 12.1 Å². The molecule has 0 saturated carbocycles. The Labute approximate surface area is 125 Å². The Balaban J connectivity index is 2.74. The Hall–Kier alpha value is -2.25. The monoisotopic (exact) mass is 319 g/mol. The minimum atomic E-state index is -4.44. The van der Waals surface area contributed by atoms with Gasteiger partial charge in [-0.15, -0.1) is 0 Å². The van der Waals surface area contributed by atoms with Crippen LogP contribution in [0.2, 0.25) is 0 Å². The van der Waals surface area contributed by atoms with Crippen LogP contribution in [-0.4, -0.2) is 35.3 Å². The second-order valence-electron chi connectivity index (χ2n) is 4.87. The zero-order valence-corrected chi connectivity index (χ0v) is 12.0. The van der Waals surface area contributed by atoms with E-state index in [0.29, 0.717) is 0 Å². The molecular weight excluding hydrogens is 303 g/mol. The molecule has 0 bridgehead atoms. The van der Waals surface area contributed by atoms with Gasteiger partial charge in [-0.1, -0.05) is 6.92 Å². The molecule has 0 fully saturated rings. The molecule has 8 heteroatoms. The van der Waals surface area contributed by atoms with Crippen molar-refractivity contribution in [2.45, 2.75) is 32.0 Å². The molecule has 0 heterocycles. The van der Waals surface area contributed by atoms with E-state index in [1.54, 1.807) is 6.92 Å². The predicted molar refractivity (Wildman–Crippen MR) is 71.8 cm³/mol. The first-order chi connectivity index (χ1) is 10.1. The highest BCUT2D eigenvalue weighted by Crippen LogP contribution is 2.19. The Morgan fingerprint density at radius 3 is 2.18 bits per heavy atom. The number of carboxylic acids is 1. The summed E-state index contributed by atoms with van der Waals surface area (Å²) in [6, 6.07) is 4.95. The summed E-state index contributed by atoms with van der Waals surface area (Å²) in [5, 5.41) is 11.5. The predicted octanol–water partition coefficient (Wildman–Crippen LogP) is 2.61. The Morgan fingerprint density at radius 2 is 1.77 bits per heavy atom. The van der Waals surface area contributed by atoms with Crippen molar-refractivity contribution in [2.24, 2.45) is 0 Å². The number of ether oxygens (including phenoxy) is 1. The van der Waals surface area contributed by atoms with Gasteiger partial charge in [0.05, 0.1) is 0 Å². The van der Waals surface area contributed by atoms with Crippen LogP contribution < -0.4 is 10.1 Å². The normalized spacial score (nSPS) is 14.0. The fraction of sp³-hybridized carbons (Fsp3) is 0.429. The number of benzene rings is 1. The van der Waals surface area contributed by atoms with Crippen molar-refractivity contribution in [1.82, 2.24) is 5.32 Å². The summed E-state index contributed by atoms with van der Waals surface area (Å²) in [6.45, 7) is 1.56. The molecule has 22 heavy (non-hydrogen) atoms. The summed E-state index contributed by atoms with van der Waals surface area (Å²) >= 11 is 0. The van der Waals surface area contributed by atoms with Crippen molar-refractivity contribution in [1.29, 1.82) is 0 Å². The smallest absolute Gasteiger partial charge is 0.422 e. The van der Waals surface area contributed by atoms with Crippen LogP contribution in [0.3, 0.4) is 0 Å². The lowest BCUT2D eigenvalue weighted by atomic mass is 9.98. The fourth-order valence-corrected chi connectivity index (χ4v) is 1.48. The van der Waals surface area contributed by atoms with Crippen molar-refractivity contribution in [2.75, 3.05) is 6.61 Å².